The third-order valence-electron chi connectivity index (χ3n) is 2.07. The topological polar surface area (TPSA) is 30.0 Å². The van der Waals surface area contributed by atoms with E-state index in [1.54, 1.807) is 18.3 Å². The van der Waals surface area contributed by atoms with Gasteiger partial charge in [0.1, 0.15) is 5.69 Å². The van der Waals surface area contributed by atoms with Crippen LogP contribution in [0, 0.1) is 6.42 Å². The summed E-state index contributed by atoms with van der Waals surface area (Å²) >= 11 is 0. The van der Waals surface area contributed by atoms with E-state index >= 15 is 0 Å². The Hall–Kier alpha value is -1.70. The van der Waals surface area contributed by atoms with E-state index in [9.17, 15) is 4.79 Å². The molecule has 1 radical (unpaired) electrons. The van der Waals surface area contributed by atoms with Crippen molar-refractivity contribution in [2.45, 2.75) is 6.42 Å². The zero-order valence-electron chi connectivity index (χ0n) is 7.68. The zero-order valence-corrected chi connectivity index (χ0v) is 7.68. The molecule has 1 aliphatic carbocycles. The Morgan fingerprint density at radius 1 is 1.29 bits per heavy atom. The number of hydrogen-bond donors (Lipinski definition) is 0. The molecule has 1 aromatic rings. The van der Waals surface area contributed by atoms with Crippen molar-refractivity contribution in [1.29, 1.82) is 0 Å². The van der Waals surface area contributed by atoms with Crippen LogP contribution >= 0.6 is 0 Å². The third kappa shape index (κ3) is 1.79. The number of aromatic nitrogens is 1. The van der Waals surface area contributed by atoms with Crippen LogP contribution in [0.15, 0.2) is 48.2 Å². The minimum absolute atomic E-state index is 0.0196. The fourth-order valence-electron chi connectivity index (χ4n) is 1.34. The van der Waals surface area contributed by atoms with E-state index < -0.39 is 0 Å². The van der Waals surface area contributed by atoms with E-state index in [4.69, 9.17) is 0 Å². The first kappa shape index (κ1) is 8.88. The average molecular weight is 184 g/mol. The van der Waals surface area contributed by atoms with Crippen molar-refractivity contribution in [3.05, 3.63) is 60.3 Å². The molecular formula is C12H10NO. The maximum atomic E-state index is 11.8. The molecule has 0 aliphatic heterocycles. The Kier molecular flexibility index (Phi) is 2.54. The summed E-state index contributed by atoms with van der Waals surface area (Å²) in [6.45, 7) is 0. The molecule has 1 heterocycles. The number of carbonyl (C=O) groups excluding carboxylic acids is 1. The highest BCUT2D eigenvalue weighted by Crippen LogP contribution is 2.15. The van der Waals surface area contributed by atoms with Crippen LogP contribution in [-0.4, -0.2) is 10.8 Å². The standard InChI is InChI=1S/C12H10NO/c14-12(10-6-2-1-3-7-10)11-8-4-5-9-13-11/h1-6,8-9H,7H2. The summed E-state index contributed by atoms with van der Waals surface area (Å²) in [5.41, 5.74) is 1.31. The lowest BCUT2D eigenvalue weighted by Gasteiger charge is -2.06. The van der Waals surface area contributed by atoms with E-state index in [0.717, 1.165) is 5.57 Å². The first-order valence-corrected chi connectivity index (χ1v) is 4.53. The van der Waals surface area contributed by atoms with E-state index in [1.807, 2.05) is 30.7 Å². The van der Waals surface area contributed by atoms with Crippen LogP contribution in [0.5, 0.6) is 0 Å². The third-order valence-corrected chi connectivity index (χ3v) is 2.07. The van der Waals surface area contributed by atoms with Gasteiger partial charge in [-0.15, -0.1) is 0 Å². The largest absolute Gasteiger partial charge is 0.287 e. The van der Waals surface area contributed by atoms with Crippen molar-refractivity contribution in [2.24, 2.45) is 0 Å². The normalized spacial score (nSPS) is 15.0. The maximum absolute atomic E-state index is 11.8. The van der Waals surface area contributed by atoms with E-state index in [1.165, 1.54) is 0 Å². The Balaban J connectivity index is 2.24. The van der Waals surface area contributed by atoms with Gasteiger partial charge in [-0.1, -0.05) is 24.3 Å². The molecule has 0 amide bonds. The summed E-state index contributed by atoms with van der Waals surface area (Å²) in [5.74, 6) is 0.0196. The lowest BCUT2D eigenvalue weighted by Crippen LogP contribution is -2.06. The molecule has 0 atom stereocenters. The number of Topliss-reactive ketones (excluding diaryl/α,β-unsaturated/α-hetero) is 1. The Bertz CT molecular complexity index is 390. The second kappa shape index (κ2) is 4.01. The molecule has 2 nitrogen and oxygen atoms in total. The molecule has 0 spiro atoms. The first-order valence-electron chi connectivity index (χ1n) is 4.53. The predicted molar refractivity (Wildman–Crippen MR) is 54.7 cm³/mol. The monoisotopic (exact) mass is 184 g/mol. The molecule has 0 saturated carbocycles. The van der Waals surface area contributed by atoms with E-state index in [0.29, 0.717) is 12.1 Å². The molecule has 0 aromatic carbocycles. The first-order chi connectivity index (χ1) is 6.88. The van der Waals surface area contributed by atoms with Gasteiger partial charge in [0, 0.05) is 11.8 Å². The molecule has 0 unspecified atom stereocenters. The molecule has 0 bridgehead atoms. The van der Waals surface area contributed by atoms with Crippen LogP contribution in [-0.2, 0) is 0 Å². The minimum Gasteiger partial charge on any atom is -0.287 e. The molecule has 69 valence electrons. The number of hydrogen-bond acceptors (Lipinski definition) is 2. The van der Waals surface area contributed by atoms with Crippen molar-refractivity contribution in [3.63, 3.8) is 0 Å². The van der Waals surface area contributed by atoms with Crippen molar-refractivity contribution in [1.82, 2.24) is 4.98 Å². The fourth-order valence-corrected chi connectivity index (χ4v) is 1.34. The second-order valence-electron chi connectivity index (χ2n) is 3.06. The number of ketones is 1. The highest BCUT2D eigenvalue weighted by molar-refractivity contribution is 6.07. The van der Waals surface area contributed by atoms with Crippen LogP contribution < -0.4 is 0 Å². The van der Waals surface area contributed by atoms with Crippen molar-refractivity contribution < 1.29 is 4.79 Å². The minimum atomic E-state index is 0.0196. The number of carbonyl (C=O) groups is 1. The quantitative estimate of drug-likeness (QED) is 0.660. The van der Waals surface area contributed by atoms with Crippen LogP contribution in [0.3, 0.4) is 0 Å². The van der Waals surface area contributed by atoms with Crippen molar-refractivity contribution >= 4 is 5.78 Å². The van der Waals surface area contributed by atoms with Crippen LogP contribution in [0.25, 0.3) is 0 Å². The molecule has 0 N–H and O–H groups in total. The van der Waals surface area contributed by atoms with Gasteiger partial charge in [-0.05, 0) is 25.0 Å². The van der Waals surface area contributed by atoms with Gasteiger partial charge in [-0.2, -0.15) is 0 Å². The summed E-state index contributed by atoms with van der Waals surface area (Å²) in [6.07, 6.45) is 9.96. The molecule has 0 fully saturated rings. The smallest absolute Gasteiger partial charge is 0.207 e. The highest BCUT2D eigenvalue weighted by Gasteiger charge is 2.12. The summed E-state index contributed by atoms with van der Waals surface area (Å²) in [5, 5.41) is 0. The van der Waals surface area contributed by atoms with Gasteiger partial charge >= 0.3 is 0 Å². The van der Waals surface area contributed by atoms with Crippen LogP contribution in [0.4, 0.5) is 0 Å². The van der Waals surface area contributed by atoms with E-state index in [-0.39, 0.29) is 5.78 Å². The molecule has 0 saturated heterocycles. The zero-order chi connectivity index (χ0) is 9.80. The molecular weight excluding hydrogens is 174 g/mol. The van der Waals surface area contributed by atoms with Gasteiger partial charge in [-0.3, -0.25) is 9.78 Å². The number of allylic oxidation sites excluding steroid dienone is 4. The van der Waals surface area contributed by atoms with Gasteiger partial charge in [0.15, 0.2) is 0 Å². The van der Waals surface area contributed by atoms with Crippen LogP contribution in [0.2, 0.25) is 0 Å². The molecule has 2 heteroatoms. The Morgan fingerprint density at radius 2 is 2.21 bits per heavy atom. The number of rotatable bonds is 2. The van der Waals surface area contributed by atoms with Crippen LogP contribution in [0.1, 0.15) is 16.9 Å². The predicted octanol–water partition coefficient (Wildman–Crippen LogP) is 2.35. The fraction of sp³-hybridized carbons (Fsp3) is 0.0833. The summed E-state index contributed by atoms with van der Waals surface area (Å²) in [7, 11) is 0. The summed E-state index contributed by atoms with van der Waals surface area (Å²) in [6, 6.07) is 5.36. The van der Waals surface area contributed by atoms with Gasteiger partial charge in [0.05, 0.1) is 0 Å². The average Bonchev–Trinajstić information content (AvgIpc) is 2.30. The Morgan fingerprint density at radius 3 is 2.86 bits per heavy atom. The van der Waals surface area contributed by atoms with Crippen molar-refractivity contribution in [2.75, 3.05) is 0 Å². The lowest BCUT2D eigenvalue weighted by molar-refractivity contribution is 0.102. The van der Waals surface area contributed by atoms with Gasteiger partial charge < -0.3 is 0 Å². The van der Waals surface area contributed by atoms with Gasteiger partial charge in [-0.25, -0.2) is 0 Å². The van der Waals surface area contributed by atoms with Gasteiger partial charge in [0.25, 0.3) is 0 Å². The summed E-state index contributed by atoms with van der Waals surface area (Å²) in [4.78, 5) is 15.8. The second-order valence-corrected chi connectivity index (χ2v) is 3.06. The number of nitrogens with zero attached hydrogens (tertiary/aromatic N) is 1. The molecule has 2 rings (SSSR count). The maximum Gasteiger partial charge on any atom is 0.207 e. The summed E-state index contributed by atoms with van der Waals surface area (Å²) < 4.78 is 0. The molecule has 14 heavy (non-hydrogen) atoms. The SMILES string of the molecule is O=C(C1=CC=C[CH]C1)c1ccccn1. The molecule has 1 aromatic heterocycles. The highest BCUT2D eigenvalue weighted by atomic mass is 16.1. The molecule has 1 aliphatic rings. The van der Waals surface area contributed by atoms with Gasteiger partial charge in [0.2, 0.25) is 5.78 Å². The lowest BCUT2D eigenvalue weighted by atomic mass is 9.99. The van der Waals surface area contributed by atoms with Crippen molar-refractivity contribution in [3.8, 4) is 0 Å². The Labute approximate surface area is 83.0 Å². The van der Waals surface area contributed by atoms with E-state index in [2.05, 4.69) is 4.98 Å². The number of pyridine rings is 1.